The minimum atomic E-state index is -4.35. The molecule has 0 aliphatic rings. The van der Waals surface area contributed by atoms with E-state index in [1.54, 1.807) is 13.1 Å². The number of rotatable bonds is 5. The lowest BCUT2D eigenvalue weighted by atomic mass is 9.92. The van der Waals surface area contributed by atoms with Gasteiger partial charge in [-0.05, 0) is 6.07 Å². The largest absolute Gasteiger partial charge is 0.411 e. The van der Waals surface area contributed by atoms with E-state index in [1.165, 1.54) is 4.68 Å². The SMILES string of the molecule is Cn1nc(C(C)(C)C)cc1C(=O)NCCOCC(F)(F)F. The van der Waals surface area contributed by atoms with Crippen molar-refractivity contribution in [2.24, 2.45) is 7.05 Å². The molecule has 0 fully saturated rings. The van der Waals surface area contributed by atoms with Gasteiger partial charge in [0.25, 0.3) is 5.91 Å². The molecule has 0 bridgehead atoms. The summed E-state index contributed by atoms with van der Waals surface area (Å²) in [6, 6.07) is 1.67. The quantitative estimate of drug-likeness (QED) is 0.847. The van der Waals surface area contributed by atoms with Crippen LogP contribution in [-0.4, -0.2) is 41.6 Å². The van der Waals surface area contributed by atoms with Crippen molar-refractivity contribution in [3.8, 4) is 0 Å². The minimum absolute atomic E-state index is 0.00491. The van der Waals surface area contributed by atoms with E-state index in [2.05, 4.69) is 15.2 Å². The predicted molar refractivity (Wildman–Crippen MR) is 71.1 cm³/mol. The van der Waals surface area contributed by atoms with Gasteiger partial charge in [0.15, 0.2) is 0 Å². The smallest absolute Gasteiger partial charge is 0.370 e. The van der Waals surface area contributed by atoms with Gasteiger partial charge in [-0.25, -0.2) is 0 Å². The van der Waals surface area contributed by atoms with Crippen LogP contribution in [0.3, 0.4) is 0 Å². The zero-order chi connectivity index (χ0) is 16.3. The van der Waals surface area contributed by atoms with Crippen LogP contribution in [0.1, 0.15) is 37.0 Å². The zero-order valence-corrected chi connectivity index (χ0v) is 12.5. The predicted octanol–water partition coefficient (Wildman–Crippen LogP) is 2.03. The highest BCUT2D eigenvalue weighted by Gasteiger charge is 2.27. The molecular weight excluding hydrogens is 287 g/mol. The fraction of sp³-hybridized carbons (Fsp3) is 0.692. The first-order valence-electron chi connectivity index (χ1n) is 6.48. The van der Waals surface area contributed by atoms with Gasteiger partial charge in [0, 0.05) is 19.0 Å². The van der Waals surface area contributed by atoms with E-state index in [1.807, 2.05) is 20.8 Å². The van der Waals surface area contributed by atoms with E-state index in [-0.39, 0.29) is 18.6 Å². The Labute approximate surface area is 121 Å². The highest BCUT2D eigenvalue weighted by molar-refractivity contribution is 5.92. The van der Waals surface area contributed by atoms with Crippen LogP contribution in [-0.2, 0) is 17.2 Å². The fourth-order valence-corrected chi connectivity index (χ4v) is 1.56. The Hall–Kier alpha value is -1.57. The molecule has 0 atom stereocenters. The Bertz CT molecular complexity index is 490. The number of nitrogens with zero attached hydrogens (tertiary/aromatic N) is 2. The average molecular weight is 307 g/mol. The van der Waals surface area contributed by atoms with Gasteiger partial charge < -0.3 is 10.1 Å². The van der Waals surface area contributed by atoms with Crippen LogP contribution < -0.4 is 5.32 Å². The van der Waals surface area contributed by atoms with Gasteiger partial charge in [0.1, 0.15) is 12.3 Å². The molecule has 1 aromatic heterocycles. The molecule has 0 spiro atoms. The third-order valence-corrected chi connectivity index (χ3v) is 2.68. The van der Waals surface area contributed by atoms with Gasteiger partial charge in [-0.2, -0.15) is 18.3 Å². The van der Waals surface area contributed by atoms with E-state index in [0.717, 1.165) is 5.69 Å². The zero-order valence-electron chi connectivity index (χ0n) is 12.5. The number of aryl methyl sites for hydroxylation is 1. The molecule has 1 rings (SSSR count). The lowest BCUT2D eigenvalue weighted by Crippen LogP contribution is -2.30. The summed E-state index contributed by atoms with van der Waals surface area (Å²) in [6.45, 7) is 4.41. The summed E-state index contributed by atoms with van der Waals surface area (Å²) >= 11 is 0. The van der Waals surface area contributed by atoms with Crippen LogP contribution in [0.25, 0.3) is 0 Å². The van der Waals surface area contributed by atoms with Crippen molar-refractivity contribution in [3.05, 3.63) is 17.5 Å². The first-order chi connectivity index (χ1) is 9.50. The first-order valence-corrected chi connectivity index (χ1v) is 6.48. The standard InChI is InChI=1S/C13H20F3N3O2/c1-12(2,3)10-7-9(19(4)18-10)11(20)17-5-6-21-8-13(14,15)16/h7H,5-6,8H2,1-4H3,(H,17,20). The van der Waals surface area contributed by atoms with Crippen molar-refractivity contribution in [1.82, 2.24) is 15.1 Å². The summed E-state index contributed by atoms with van der Waals surface area (Å²) < 4.78 is 41.4. The molecule has 1 N–H and O–H groups in total. The molecule has 21 heavy (non-hydrogen) atoms. The number of alkyl halides is 3. The number of carbonyl (C=O) groups excluding carboxylic acids is 1. The summed E-state index contributed by atoms with van der Waals surface area (Å²) in [5.74, 6) is -0.392. The third-order valence-electron chi connectivity index (χ3n) is 2.68. The Morgan fingerprint density at radius 2 is 2.00 bits per heavy atom. The van der Waals surface area contributed by atoms with Crippen molar-refractivity contribution >= 4 is 5.91 Å². The highest BCUT2D eigenvalue weighted by atomic mass is 19.4. The summed E-state index contributed by atoms with van der Waals surface area (Å²) in [5.41, 5.74) is 0.936. The van der Waals surface area contributed by atoms with Crippen LogP contribution in [0.5, 0.6) is 0 Å². The van der Waals surface area contributed by atoms with Crippen molar-refractivity contribution in [1.29, 1.82) is 0 Å². The van der Waals surface area contributed by atoms with E-state index in [4.69, 9.17) is 0 Å². The summed E-state index contributed by atoms with van der Waals surface area (Å²) in [7, 11) is 1.64. The number of halogens is 3. The van der Waals surface area contributed by atoms with E-state index < -0.39 is 18.7 Å². The van der Waals surface area contributed by atoms with Gasteiger partial charge in [0.2, 0.25) is 0 Å². The topological polar surface area (TPSA) is 56.2 Å². The molecule has 0 radical (unpaired) electrons. The fourth-order valence-electron chi connectivity index (χ4n) is 1.56. The van der Waals surface area contributed by atoms with Gasteiger partial charge in [-0.15, -0.1) is 0 Å². The maximum atomic E-state index is 11.9. The average Bonchev–Trinajstić information content (AvgIpc) is 2.69. The minimum Gasteiger partial charge on any atom is -0.370 e. The van der Waals surface area contributed by atoms with Crippen molar-refractivity contribution in [2.75, 3.05) is 19.8 Å². The van der Waals surface area contributed by atoms with Crippen LogP contribution in [0.15, 0.2) is 6.07 Å². The number of hydrogen-bond donors (Lipinski definition) is 1. The molecule has 8 heteroatoms. The van der Waals surface area contributed by atoms with Crippen molar-refractivity contribution < 1.29 is 22.7 Å². The van der Waals surface area contributed by atoms with Gasteiger partial charge >= 0.3 is 6.18 Å². The molecule has 0 aromatic carbocycles. The first kappa shape index (κ1) is 17.5. The molecule has 0 aliphatic heterocycles. The second-order valence-electron chi connectivity index (χ2n) is 5.71. The van der Waals surface area contributed by atoms with Crippen LogP contribution in [0, 0.1) is 0 Å². The number of aromatic nitrogens is 2. The third kappa shape index (κ3) is 5.74. The Balaban J connectivity index is 2.48. The molecular formula is C13H20F3N3O2. The van der Waals surface area contributed by atoms with Crippen molar-refractivity contribution in [2.45, 2.75) is 32.4 Å². The van der Waals surface area contributed by atoms with Crippen molar-refractivity contribution in [3.63, 3.8) is 0 Å². The number of hydrogen-bond acceptors (Lipinski definition) is 3. The van der Waals surface area contributed by atoms with E-state index in [0.29, 0.717) is 5.69 Å². The lowest BCUT2D eigenvalue weighted by molar-refractivity contribution is -0.173. The van der Waals surface area contributed by atoms with Gasteiger partial charge in [0.05, 0.1) is 12.3 Å². The molecule has 1 aromatic rings. The van der Waals surface area contributed by atoms with Crippen LogP contribution >= 0.6 is 0 Å². The molecule has 1 heterocycles. The van der Waals surface area contributed by atoms with Gasteiger partial charge in [-0.1, -0.05) is 20.8 Å². The molecule has 0 saturated heterocycles. The summed E-state index contributed by atoms with van der Waals surface area (Å²) in [6.07, 6.45) is -4.35. The molecule has 0 saturated carbocycles. The summed E-state index contributed by atoms with van der Waals surface area (Å²) in [5, 5.41) is 6.75. The number of carbonyl (C=O) groups is 1. The Morgan fingerprint density at radius 1 is 1.38 bits per heavy atom. The van der Waals surface area contributed by atoms with E-state index >= 15 is 0 Å². The molecule has 0 aliphatic carbocycles. The van der Waals surface area contributed by atoms with E-state index in [9.17, 15) is 18.0 Å². The maximum absolute atomic E-state index is 11.9. The number of amides is 1. The molecule has 120 valence electrons. The second-order valence-corrected chi connectivity index (χ2v) is 5.71. The molecule has 5 nitrogen and oxygen atoms in total. The molecule has 0 unspecified atom stereocenters. The molecule has 1 amide bonds. The monoisotopic (exact) mass is 307 g/mol. The summed E-state index contributed by atoms with van der Waals surface area (Å²) in [4.78, 5) is 11.9. The lowest BCUT2D eigenvalue weighted by Gasteiger charge is -2.13. The Kier molecular flexibility index (Phi) is 5.38. The van der Waals surface area contributed by atoms with Crippen LogP contribution in [0.4, 0.5) is 13.2 Å². The number of nitrogens with one attached hydrogen (secondary N) is 1. The highest BCUT2D eigenvalue weighted by Crippen LogP contribution is 2.21. The normalized spacial score (nSPS) is 12.5. The van der Waals surface area contributed by atoms with Gasteiger partial charge in [-0.3, -0.25) is 9.48 Å². The van der Waals surface area contributed by atoms with Crippen LogP contribution in [0.2, 0.25) is 0 Å². The second kappa shape index (κ2) is 6.46. The number of ether oxygens (including phenoxy) is 1. The maximum Gasteiger partial charge on any atom is 0.411 e. The Morgan fingerprint density at radius 3 is 2.48 bits per heavy atom.